The number of hydrogen-bond acceptors (Lipinski definition) is 4. The van der Waals surface area contributed by atoms with Gasteiger partial charge in [0.15, 0.2) is 0 Å². The van der Waals surface area contributed by atoms with Crippen molar-refractivity contribution < 1.29 is 19.4 Å². The first kappa shape index (κ1) is 16.7. The van der Waals surface area contributed by atoms with Gasteiger partial charge in [-0.1, -0.05) is 11.6 Å². The number of halogens is 1. The van der Waals surface area contributed by atoms with E-state index in [0.717, 1.165) is 31.6 Å². The molecule has 4 rings (SSSR count). The summed E-state index contributed by atoms with van der Waals surface area (Å²) in [5.41, 5.74) is 0.508. The molecule has 0 bridgehead atoms. The molecule has 1 aromatic rings. The second-order valence-electron chi connectivity index (χ2n) is 7.22. The fourth-order valence-corrected chi connectivity index (χ4v) is 4.53. The molecule has 0 aliphatic carbocycles. The minimum absolute atomic E-state index is 0.145. The molecule has 0 unspecified atom stereocenters. The number of carbonyl (C=O) groups excluding carboxylic acids is 1. The lowest BCUT2D eigenvalue weighted by molar-refractivity contribution is -0.149. The van der Waals surface area contributed by atoms with E-state index in [4.69, 9.17) is 16.3 Å². The number of likely N-dealkylation sites (tertiary alicyclic amines) is 1. The predicted octanol–water partition coefficient (Wildman–Crippen LogP) is 2.11. The first-order valence-electron chi connectivity index (χ1n) is 8.66. The van der Waals surface area contributed by atoms with Crippen molar-refractivity contribution in [2.24, 2.45) is 11.3 Å². The lowest BCUT2D eigenvalue weighted by Gasteiger charge is -2.23. The fourth-order valence-electron chi connectivity index (χ4n) is 4.23. The summed E-state index contributed by atoms with van der Waals surface area (Å²) in [4.78, 5) is 28.4. The van der Waals surface area contributed by atoms with Crippen LogP contribution in [0.25, 0.3) is 0 Å². The van der Waals surface area contributed by atoms with E-state index in [1.807, 2.05) is 6.07 Å². The second kappa shape index (κ2) is 6.18. The Labute approximate surface area is 151 Å². The number of carboxylic acid groups (broad SMARTS) is 1. The molecule has 3 aliphatic heterocycles. The number of benzene rings is 1. The van der Waals surface area contributed by atoms with E-state index in [0.29, 0.717) is 23.7 Å². The maximum atomic E-state index is 12.8. The number of hydrogen-bond donors (Lipinski definition) is 1. The molecule has 0 spiro atoms. The summed E-state index contributed by atoms with van der Waals surface area (Å²) < 4.78 is 5.36. The average Bonchev–Trinajstić information content (AvgIpc) is 3.29. The van der Waals surface area contributed by atoms with E-state index in [-0.39, 0.29) is 25.0 Å². The normalized spacial score (nSPS) is 28.4. The number of fused-ring (bicyclic) bond motifs is 1. The largest absolute Gasteiger partial charge is 0.481 e. The van der Waals surface area contributed by atoms with Crippen molar-refractivity contribution in [3.05, 3.63) is 28.8 Å². The highest BCUT2D eigenvalue weighted by atomic mass is 35.5. The molecule has 1 N–H and O–H groups in total. The van der Waals surface area contributed by atoms with Crippen LogP contribution in [-0.4, -0.2) is 61.3 Å². The summed E-state index contributed by atoms with van der Waals surface area (Å²) in [5.74, 6) is -1.19. The Morgan fingerprint density at radius 1 is 1.28 bits per heavy atom. The van der Waals surface area contributed by atoms with Gasteiger partial charge < -0.3 is 19.6 Å². The topological polar surface area (TPSA) is 70.1 Å². The number of aliphatic carboxylic acids is 1. The van der Waals surface area contributed by atoms with E-state index >= 15 is 0 Å². The molecule has 0 radical (unpaired) electrons. The molecule has 0 aromatic heterocycles. The lowest BCUT2D eigenvalue weighted by Crippen LogP contribution is -2.40. The Kier molecular flexibility index (Phi) is 4.12. The molecule has 1 aromatic carbocycles. The summed E-state index contributed by atoms with van der Waals surface area (Å²) in [6.07, 6.45) is 2.32. The summed E-state index contributed by atoms with van der Waals surface area (Å²) >= 11 is 6.41. The summed E-state index contributed by atoms with van der Waals surface area (Å²) in [5, 5.41) is 10.2. The molecule has 7 heteroatoms. The SMILES string of the molecule is O=C(c1ccc(N2CCCC2)c(Cl)c1)N1C[C@@H]2COC[C@]2(C(=O)O)C1. The molecule has 25 heavy (non-hydrogen) atoms. The molecule has 1 amide bonds. The molecule has 3 heterocycles. The predicted molar refractivity (Wildman–Crippen MR) is 93.2 cm³/mol. The number of anilines is 1. The Morgan fingerprint density at radius 2 is 2.04 bits per heavy atom. The maximum Gasteiger partial charge on any atom is 0.314 e. The van der Waals surface area contributed by atoms with Crippen LogP contribution in [0.1, 0.15) is 23.2 Å². The third kappa shape index (κ3) is 2.68. The second-order valence-corrected chi connectivity index (χ2v) is 7.63. The van der Waals surface area contributed by atoms with Crippen molar-refractivity contribution in [1.29, 1.82) is 0 Å². The first-order chi connectivity index (χ1) is 12.0. The van der Waals surface area contributed by atoms with Crippen LogP contribution in [-0.2, 0) is 9.53 Å². The fraction of sp³-hybridized carbons (Fsp3) is 0.556. The zero-order valence-electron chi connectivity index (χ0n) is 13.9. The van der Waals surface area contributed by atoms with Crippen LogP contribution in [0.3, 0.4) is 0 Å². The summed E-state index contributed by atoms with van der Waals surface area (Å²) in [6.45, 7) is 3.15. The van der Waals surface area contributed by atoms with Gasteiger partial charge in [-0.3, -0.25) is 9.59 Å². The summed E-state index contributed by atoms with van der Waals surface area (Å²) in [7, 11) is 0. The van der Waals surface area contributed by atoms with Crippen LogP contribution in [0, 0.1) is 11.3 Å². The van der Waals surface area contributed by atoms with Crippen molar-refractivity contribution in [2.45, 2.75) is 12.8 Å². The monoisotopic (exact) mass is 364 g/mol. The van der Waals surface area contributed by atoms with Crippen LogP contribution in [0.4, 0.5) is 5.69 Å². The third-order valence-corrected chi connectivity index (χ3v) is 6.03. The highest BCUT2D eigenvalue weighted by molar-refractivity contribution is 6.33. The first-order valence-corrected chi connectivity index (χ1v) is 9.04. The number of ether oxygens (including phenoxy) is 1. The van der Waals surface area contributed by atoms with Gasteiger partial charge in [0, 0.05) is 37.7 Å². The maximum absolute atomic E-state index is 12.8. The van der Waals surface area contributed by atoms with E-state index in [1.54, 1.807) is 17.0 Å². The van der Waals surface area contributed by atoms with Crippen molar-refractivity contribution >= 4 is 29.2 Å². The number of amides is 1. The van der Waals surface area contributed by atoms with Crippen molar-refractivity contribution in [3.8, 4) is 0 Å². The van der Waals surface area contributed by atoms with E-state index in [1.165, 1.54) is 0 Å². The minimum atomic E-state index is -0.963. The standard InChI is InChI=1S/C18H21ClN2O4/c19-14-7-12(3-4-15(14)20-5-1-2-6-20)16(22)21-8-13-9-25-11-18(13,10-21)17(23)24/h3-4,7,13H,1-2,5-6,8-11H2,(H,23,24)/t13-,18-/m1/s1. The van der Waals surface area contributed by atoms with E-state index in [2.05, 4.69) is 4.90 Å². The van der Waals surface area contributed by atoms with Gasteiger partial charge in [-0.2, -0.15) is 0 Å². The zero-order chi connectivity index (χ0) is 17.6. The van der Waals surface area contributed by atoms with Crippen LogP contribution in [0.5, 0.6) is 0 Å². The number of carboxylic acids is 1. The smallest absolute Gasteiger partial charge is 0.314 e. The molecule has 3 aliphatic rings. The molecule has 3 saturated heterocycles. The highest BCUT2D eigenvalue weighted by Gasteiger charge is 2.57. The minimum Gasteiger partial charge on any atom is -0.481 e. The van der Waals surface area contributed by atoms with Gasteiger partial charge in [0.1, 0.15) is 5.41 Å². The average molecular weight is 365 g/mol. The molecule has 6 nitrogen and oxygen atoms in total. The van der Waals surface area contributed by atoms with Gasteiger partial charge in [0.25, 0.3) is 5.91 Å². The highest BCUT2D eigenvalue weighted by Crippen LogP contribution is 2.42. The van der Waals surface area contributed by atoms with Crippen LogP contribution in [0.2, 0.25) is 5.02 Å². The Bertz CT molecular complexity index is 719. The van der Waals surface area contributed by atoms with E-state index in [9.17, 15) is 14.7 Å². The van der Waals surface area contributed by atoms with E-state index < -0.39 is 11.4 Å². The molecular weight excluding hydrogens is 344 g/mol. The molecule has 0 saturated carbocycles. The van der Waals surface area contributed by atoms with Gasteiger partial charge in [-0.05, 0) is 31.0 Å². The van der Waals surface area contributed by atoms with Crippen LogP contribution >= 0.6 is 11.6 Å². The number of nitrogens with zero attached hydrogens (tertiary/aromatic N) is 2. The summed E-state index contributed by atoms with van der Waals surface area (Å²) in [6, 6.07) is 5.39. The third-order valence-electron chi connectivity index (χ3n) is 5.73. The molecular formula is C18H21ClN2O4. The van der Waals surface area contributed by atoms with Gasteiger partial charge in [0.2, 0.25) is 0 Å². The van der Waals surface area contributed by atoms with Gasteiger partial charge in [-0.15, -0.1) is 0 Å². The Morgan fingerprint density at radius 3 is 2.68 bits per heavy atom. The van der Waals surface area contributed by atoms with Gasteiger partial charge in [0.05, 0.1) is 23.9 Å². The van der Waals surface area contributed by atoms with Gasteiger partial charge in [-0.25, -0.2) is 0 Å². The van der Waals surface area contributed by atoms with Crippen molar-refractivity contribution in [2.75, 3.05) is 44.3 Å². The Balaban J connectivity index is 1.54. The van der Waals surface area contributed by atoms with Gasteiger partial charge >= 0.3 is 5.97 Å². The number of carbonyl (C=O) groups is 2. The van der Waals surface area contributed by atoms with Crippen molar-refractivity contribution in [1.82, 2.24) is 4.90 Å². The molecule has 134 valence electrons. The lowest BCUT2D eigenvalue weighted by atomic mass is 9.81. The number of rotatable bonds is 3. The van der Waals surface area contributed by atoms with Crippen LogP contribution in [0.15, 0.2) is 18.2 Å². The zero-order valence-corrected chi connectivity index (χ0v) is 14.7. The van der Waals surface area contributed by atoms with Crippen LogP contribution < -0.4 is 4.90 Å². The molecule has 2 atom stereocenters. The quantitative estimate of drug-likeness (QED) is 0.889. The van der Waals surface area contributed by atoms with Crippen molar-refractivity contribution in [3.63, 3.8) is 0 Å². The molecule has 3 fully saturated rings. The Hall–Kier alpha value is -1.79.